The summed E-state index contributed by atoms with van der Waals surface area (Å²) in [5.74, 6) is 2.00. The SMILES string of the molecule is CC(C)Oc1cccc(CC(=O)N2CCC[C@](CC[N+]34CCC(c5ccccc5)(CC3)CC4)(c3ccc(Cl)c(Cl)c3)C2)c1.CC(C)Oc1cccc(CC(=O)N2CCC[C@](CC[N+]34CCC(c5ccccc5)(CC3)CC4)(c3ccc(Cl)c(Cl)c3)C2)c1. The van der Waals surface area contributed by atoms with Gasteiger partial charge in [-0.25, -0.2) is 0 Å². The van der Waals surface area contributed by atoms with Crippen molar-refractivity contribution in [3.63, 3.8) is 0 Å². The van der Waals surface area contributed by atoms with E-state index in [1.807, 2.05) is 88.4 Å². The van der Waals surface area contributed by atoms with Gasteiger partial charge in [0.25, 0.3) is 0 Å². The molecule has 4 bridgehead atoms. The van der Waals surface area contributed by atoms with E-state index >= 15 is 0 Å². The minimum atomic E-state index is -0.136. The number of halogens is 4. The first-order chi connectivity index (χ1) is 41.4. The molecular weight excluding hydrogens is 1150 g/mol. The minimum Gasteiger partial charge on any atom is -0.491 e. The van der Waals surface area contributed by atoms with Crippen molar-refractivity contribution >= 4 is 58.2 Å². The molecule has 0 radical (unpaired) electrons. The molecule has 0 aliphatic carbocycles. The molecule has 8 saturated heterocycles. The van der Waals surface area contributed by atoms with Gasteiger partial charge in [0, 0.05) is 99.2 Å². The molecular formula is C74H90Cl4N4O4+2. The van der Waals surface area contributed by atoms with E-state index in [9.17, 15) is 9.59 Å². The quantitative estimate of drug-likeness (QED) is 0.0805. The highest BCUT2D eigenvalue weighted by Crippen LogP contribution is 2.50. The highest BCUT2D eigenvalue weighted by atomic mass is 35.5. The first-order valence-corrected chi connectivity index (χ1v) is 33.7. The van der Waals surface area contributed by atoms with Crippen LogP contribution in [-0.2, 0) is 44.1 Å². The number of piperidine rings is 8. The van der Waals surface area contributed by atoms with Gasteiger partial charge in [0.1, 0.15) is 11.5 Å². The first kappa shape index (κ1) is 62.5. The number of nitrogens with zero attached hydrogens (tertiary/aromatic N) is 4. The summed E-state index contributed by atoms with van der Waals surface area (Å²) in [5.41, 5.74) is 7.93. The molecule has 12 heteroatoms. The minimum absolute atomic E-state index is 0.0980. The van der Waals surface area contributed by atoms with Crippen LogP contribution < -0.4 is 9.47 Å². The van der Waals surface area contributed by atoms with Gasteiger partial charge in [-0.3, -0.25) is 9.59 Å². The van der Waals surface area contributed by atoms with E-state index < -0.39 is 0 Å². The van der Waals surface area contributed by atoms with E-state index in [2.05, 4.69) is 94.7 Å². The number of amides is 2. The molecule has 0 aromatic heterocycles. The van der Waals surface area contributed by atoms with Crippen molar-refractivity contribution in [2.24, 2.45) is 0 Å². The Morgan fingerprint density at radius 3 is 1.16 bits per heavy atom. The van der Waals surface area contributed by atoms with E-state index in [1.165, 1.54) is 109 Å². The monoisotopic (exact) mass is 1240 g/mol. The lowest BCUT2D eigenvalue weighted by atomic mass is 9.65. The Hall–Kier alpha value is -5.06. The second kappa shape index (κ2) is 26.6. The van der Waals surface area contributed by atoms with E-state index in [4.69, 9.17) is 55.9 Å². The molecule has 2 amide bonds. The third-order valence-corrected chi connectivity index (χ3v) is 22.9. The van der Waals surface area contributed by atoms with Gasteiger partial charge in [-0.15, -0.1) is 0 Å². The fraction of sp³-hybridized carbons (Fsp3) is 0.486. The summed E-state index contributed by atoms with van der Waals surface area (Å²) in [6.45, 7) is 20.8. The van der Waals surface area contributed by atoms with Crippen LogP contribution in [0.4, 0.5) is 0 Å². The molecule has 8 aliphatic rings. The van der Waals surface area contributed by atoms with Crippen LogP contribution in [0.25, 0.3) is 0 Å². The average molecular weight is 1240 g/mol. The molecule has 0 saturated carbocycles. The molecule has 456 valence electrons. The standard InChI is InChI=1S/2C37H45Cl2N2O2/c2*1-28(2)43-32-11-6-8-29(24-32)25-35(42)40-19-7-14-37(27-40,31-12-13-33(38)34(39)26-31)18-23-41-20-15-36(16-21-41,17-22-41)30-9-4-3-5-10-30/h2*3-6,8-13,24,26,28H,7,14-23,25,27H2,1-2H3/q2*+1/t2*36?,37-,41?/m11/s1. The van der Waals surface area contributed by atoms with Gasteiger partial charge in [-0.2, -0.15) is 0 Å². The zero-order valence-corrected chi connectivity index (χ0v) is 54.4. The number of rotatable bonds is 18. The summed E-state index contributed by atoms with van der Waals surface area (Å²) in [7, 11) is 0. The number of quaternary nitrogens is 2. The molecule has 86 heavy (non-hydrogen) atoms. The second-order valence-corrected chi connectivity index (χ2v) is 29.0. The fourth-order valence-electron chi connectivity index (χ4n) is 16.2. The van der Waals surface area contributed by atoms with Crippen LogP contribution in [0.15, 0.2) is 146 Å². The van der Waals surface area contributed by atoms with Crippen LogP contribution in [0.1, 0.15) is 138 Å². The molecule has 14 rings (SSSR count). The van der Waals surface area contributed by atoms with Crippen LogP contribution >= 0.6 is 46.4 Å². The van der Waals surface area contributed by atoms with Gasteiger partial charge in [-0.05, 0) is 135 Å². The van der Waals surface area contributed by atoms with Crippen molar-refractivity contribution in [3.8, 4) is 11.5 Å². The van der Waals surface area contributed by atoms with Gasteiger partial charge < -0.3 is 28.2 Å². The Balaban J connectivity index is 0.000000179. The van der Waals surface area contributed by atoms with Gasteiger partial charge in [0.2, 0.25) is 11.8 Å². The number of benzene rings is 6. The summed E-state index contributed by atoms with van der Waals surface area (Å²) in [6, 6.07) is 50.7. The van der Waals surface area contributed by atoms with Crippen molar-refractivity contribution in [3.05, 3.63) is 199 Å². The maximum absolute atomic E-state index is 13.8. The zero-order chi connectivity index (χ0) is 60.2. The molecule has 0 unspecified atom stereocenters. The number of hydrogen-bond donors (Lipinski definition) is 0. The van der Waals surface area contributed by atoms with Crippen LogP contribution in [0.3, 0.4) is 0 Å². The summed E-state index contributed by atoms with van der Waals surface area (Å²) >= 11 is 26.0. The average Bonchev–Trinajstić information content (AvgIpc) is 1.18. The zero-order valence-electron chi connectivity index (χ0n) is 51.3. The summed E-state index contributed by atoms with van der Waals surface area (Å²) in [6.07, 6.45) is 14.7. The normalized spacial score (nSPS) is 27.0. The number of hydrogen-bond acceptors (Lipinski definition) is 4. The van der Waals surface area contributed by atoms with Crippen molar-refractivity contribution < 1.29 is 28.0 Å². The topological polar surface area (TPSA) is 59.1 Å². The molecule has 2 atom stereocenters. The van der Waals surface area contributed by atoms with Crippen LogP contribution in [0.2, 0.25) is 20.1 Å². The number of likely N-dealkylation sites (tertiary alicyclic amines) is 2. The first-order valence-electron chi connectivity index (χ1n) is 32.2. The number of ether oxygens (including phenoxy) is 2. The van der Waals surface area contributed by atoms with Crippen molar-refractivity contribution in [1.82, 2.24) is 9.80 Å². The third kappa shape index (κ3) is 14.0. The highest BCUT2D eigenvalue weighted by molar-refractivity contribution is 6.42. The fourth-order valence-corrected chi connectivity index (χ4v) is 16.8. The lowest BCUT2D eigenvalue weighted by Gasteiger charge is -2.56. The van der Waals surface area contributed by atoms with E-state index in [0.29, 0.717) is 43.8 Å². The molecule has 8 nitrogen and oxygen atoms in total. The van der Waals surface area contributed by atoms with Gasteiger partial charge in [0.15, 0.2) is 0 Å². The Labute approximate surface area is 533 Å². The van der Waals surface area contributed by atoms with Gasteiger partial charge in [-0.1, -0.05) is 143 Å². The molecule has 0 spiro atoms. The van der Waals surface area contributed by atoms with Gasteiger partial charge in [0.05, 0.1) is 97.5 Å². The van der Waals surface area contributed by atoms with Crippen molar-refractivity contribution in [2.45, 2.75) is 151 Å². The summed E-state index contributed by atoms with van der Waals surface area (Å²) < 4.78 is 14.2. The highest BCUT2D eigenvalue weighted by Gasteiger charge is 2.53. The Morgan fingerprint density at radius 1 is 0.442 bits per heavy atom. The lowest BCUT2D eigenvalue weighted by molar-refractivity contribution is -0.944. The smallest absolute Gasteiger partial charge is 0.227 e. The van der Waals surface area contributed by atoms with Crippen LogP contribution in [0.5, 0.6) is 11.5 Å². The summed E-state index contributed by atoms with van der Waals surface area (Å²) in [4.78, 5) is 31.8. The number of fused-ring (bicyclic) bond motifs is 6. The molecule has 8 fully saturated rings. The summed E-state index contributed by atoms with van der Waals surface area (Å²) in [5, 5.41) is 2.36. The molecule has 6 aromatic carbocycles. The number of carbonyl (C=O) groups is 2. The van der Waals surface area contributed by atoms with Crippen LogP contribution in [0, 0.1) is 0 Å². The Bertz CT molecular complexity index is 3050. The maximum Gasteiger partial charge on any atom is 0.227 e. The van der Waals surface area contributed by atoms with E-state index in [-0.39, 0.29) is 34.9 Å². The largest absolute Gasteiger partial charge is 0.491 e. The van der Waals surface area contributed by atoms with Crippen molar-refractivity contribution in [2.75, 3.05) is 78.5 Å². The Kier molecular flexibility index (Phi) is 19.3. The van der Waals surface area contributed by atoms with E-state index in [1.54, 1.807) is 0 Å². The van der Waals surface area contributed by atoms with E-state index in [0.717, 1.165) is 100 Å². The second-order valence-electron chi connectivity index (χ2n) is 27.4. The Morgan fingerprint density at radius 2 is 0.814 bits per heavy atom. The molecule has 8 aliphatic heterocycles. The van der Waals surface area contributed by atoms with Gasteiger partial charge >= 0.3 is 0 Å². The molecule has 8 heterocycles. The lowest BCUT2D eigenvalue weighted by Crippen LogP contribution is -2.64. The third-order valence-electron chi connectivity index (χ3n) is 21.5. The maximum atomic E-state index is 13.8. The molecule has 0 N–H and O–H groups in total. The number of carbonyl (C=O) groups excluding carboxylic acids is 2. The van der Waals surface area contributed by atoms with Crippen molar-refractivity contribution in [1.29, 1.82) is 0 Å². The van der Waals surface area contributed by atoms with Crippen LogP contribution in [-0.4, -0.2) is 121 Å². The predicted molar refractivity (Wildman–Crippen MR) is 352 cm³/mol. The predicted octanol–water partition coefficient (Wildman–Crippen LogP) is 16.5. The molecule has 6 aromatic rings.